The van der Waals surface area contributed by atoms with E-state index in [0.29, 0.717) is 11.6 Å². The number of unbranched alkanes of at least 4 members (excludes halogenated alkanes) is 1. The number of carbonyl (C=O) groups excluding carboxylic acids is 1. The van der Waals surface area contributed by atoms with Crippen molar-refractivity contribution < 1.29 is 9.21 Å². The van der Waals surface area contributed by atoms with Crippen molar-refractivity contribution in [1.82, 2.24) is 4.98 Å². The van der Waals surface area contributed by atoms with Crippen LogP contribution in [0.2, 0.25) is 0 Å². The number of carbonyl (C=O) groups is 1. The molecule has 0 aliphatic rings. The van der Waals surface area contributed by atoms with Gasteiger partial charge in [-0.15, -0.1) is 0 Å². The number of ketones is 1. The van der Waals surface area contributed by atoms with E-state index in [-0.39, 0.29) is 11.0 Å². The van der Waals surface area contributed by atoms with Crippen LogP contribution in [0.25, 0.3) is 22.6 Å². The first kappa shape index (κ1) is 19.4. The maximum Gasteiger partial charge on any atom is 0.257 e. The Morgan fingerprint density at radius 3 is 2.22 bits per heavy atom. The molecule has 0 radical (unpaired) electrons. The molecule has 27 heavy (non-hydrogen) atoms. The van der Waals surface area contributed by atoms with Gasteiger partial charge in [0.2, 0.25) is 0 Å². The Balaban J connectivity index is 1.93. The van der Waals surface area contributed by atoms with Gasteiger partial charge in [0.05, 0.1) is 5.25 Å². The van der Waals surface area contributed by atoms with Crippen molar-refractivity contribution in [2.45, 2.75) is 50.0 Å². The number of nitrogens with zero attached hydrogens (tertiary/aromatic N) is 1. The summed E-state index contributed by atoms with van der Waals surface area (Å²) in [5.41, 5.74) is 2.82. The zero-order valence-electron chi connectivity index (χ0n) is 15.9. The van der Waals surface area contributed by atoms with E-state index in [1.54, 1.807) is 0 Å². The molecule has 0 saturated carbocycles. The second-order valence-electron chi connectivity index (χ2n) is 6.47. The first-order valence-electron chi connectivity index (χ1n) is 9.54. The third kappa shape index (κ3) is 4.89. The number of hydrogen-bond acceptors (Lipinski definition) is 4. The predicted molar refractivity (Wildman–Crippen MR) is 112 cm³/mol. The van der Waals surface area contributed by atoms with E-state index >= 15 is 0 Å². The molecule has 0 spiro atoms. The van der Waals surface area contributed by atoms with Crippen molar-refractivity contribution in [1.29, 1.82) is 0 Å². The first-order chi connectivity index (χ1) is 13.2. The van der Waals surface area contributed by atoms with Crippen LogP contribution in [-0.2, 0) is 4.79 Å². The van der Waals surface area contributed by atoms with Gasteiger partial charge in [0.25, 0.3) is 5.22 Å². The molecular weight excluding hydrogens is 354 g/mol. The summed E-state index contributed by atoms with van der Waals surface area (Å²) in [4.78, 5) is 17.2. The van der Waals surface area contributed by atoms with Crippen molar-refractivity contribution in [2.24, 2.45) is 0 Å². The molecule has 0 fully saturated rings. The Morgan fingerprint density at radius 1 is 1.00 bits per heavy atom. The standard InChI is InChI=1S/C23H25NO2S/c1-3-5-16-19(25)20(4-2)27-23-24-21(17-12-8-6-9-13-17)22(26-23)18-14-10-7-11-15-18/h6-15,20H,3-5,16H2,1-2H3. The van der Waals surface area contributed by atoms with Gasteiger partial charge in [-0.05, 0) is 12.8 Å². The third-order valence-electron chi connectivity index (χ3n) is 4.44. The second kappa shape index (κ2) is 9.56. The molecule has 0 saturated heterocycles. The monoisotopic (exact) mass is 379 g/mol. The van der Waals surface area contributed by atoms with Gasteiger partial charge in [0.15, 0.2) is 5.76 Å². The molecule has 4 heteroatoms. The molecule has 0 aliphatic heterocycles. The molecule has 0 N–H and O–H groups in total. The minimum absolute atomic E-state index is 0.109. The fourth-order valence-electron chi connectivity index (χ4n) is 2.94. The lowest BCUT2D eigenvalue weighted by Crippen LogP contribution is -2.15. The molecular formula is C23H25NO2S. The van der Waals surface area contributed by atoms with Gasteiger partial charge in [-0.2, -0.15) is 0 Å². The highest BCUT2D eigenvalue weighted by Gasteiger charge is 2.23. The number of rotatable bonds is 9. The summed E-state index contributed by atoms with van der Waals surface area (Å²) >= 11 is 1.44. The summed E-state index contributed by atoms with van der Waals surface area (Å²) in [7, 11) is 0. The molecule has 0 amide bonds. The number of benzene rings is 2. The predicted octanol–water partition coefficient (Wildman–Crippen LogP) is 6.64. The van der Waals surface area contributed by atoms with Crippen LogP contribution in [0, 0.1) is 0 Å². The van der Waals surface area contributed by atoms with Gasteiger partial charge in [0.1, 0.15) is 11.5 Å². The lowest BCUT2D eigenvalue weighted by Gasteiger charge is -2.10. The van der Waals surface area contributed by atoms with E-state index in [1.807, 2.05) is 67.6 Å². The van der Waals surface area contributed by atoms with Crippen LogP contribution in [0.3, 0.4) is 0 Å². The van der Waals surface area contributed by atoms with Crippen molar-refractivity contribution in [2.75, 3.05) is 0 Å². The summed E-state index contributed by atoms with van der Waals surface area (Å²) in [5.74, 6) is 1.03. The second-order valence-corrected chi connectivity index (χ2v) is 7.63. The van der Waals surface area contributed by atoms with Crippen molar-refractivity contribution in [3.05, 3.63) is 60.7 Å². The van der Waals surface area contributed by atoms with Gasteiger partial charge in [-0.3, -0.25) is 4.79 Å². The highest BCUT2D eigenvalue weighted by atomic mass is 32.2. The van der Waals surface area contributed by atoms with E-state index in [9.17, 15) is 4.79 Å². The van der Waals surface area contributed by atoms with Crippen LogP contribution in [-0.4, -0.2) is 16.0 Å². The van der Waals surface area contributed by atoms with Gasteiger partial charge in [-0.25, -0.2) is 4.98 Å². The fraction of sp³-hybridized carbons (Fsp3) is 0.304. The smallest absolute Gasteiger partial charge is 0.257 e. The van der Waals surface area contributed by atoms with Gasteiger partial charge in [0, 0.05) is 17.5 Å². The lowest BCUT2D eigenvalue weighted by atomic mass is 10.1. The summed E-state index contributed by atoms with van der Waals surface area (Å²) in [6.07, 6.45) is 3.37. The van der Waals surface area contributed by atoms with Gasteiger partial charge in [-0.1, -0.05) is 92.7 Å². The summed E-state index contributed by atoms with van der Waals surface area (Å²) in [6, 6.07) is 20.0. The van der Waals surface area contributed by atoms with Crippen molar-refractivity contribution in [3.8, 4) is 22.6 Å². The quantitative estimate of drug-likeness (QED) is 0.391. The Bertz CT molecular complexity index is 802. The Morgan fingerprint density at radius 2 is 1.63 bits per heavy atom. The average Bonchev–Trinajstić information content (AvgIpc) is 3.15. The maximum absolute atomic E-state index is 12.5. The Kier molecular flexibility index (Phi) is 6.88. The largest absolute Gasteiger partial charge is 0.431 e. The number of Topliss-reactive ketones (excluding diaryl/α,β-unsaturated/α-hetero) is 1. The van der Waals surface area contributed by atoms with Crippen LogP contribution in [0.5, 0.6) is 0 Å². The minimum atomic E-state index is -0.109. The first-order valence-corrected chi connectivity index (χ1v) is 10.4. The van der Waals surface area contributed by atoms with E-state index in [2.05, 4.69) is 6.92 Å². The molecule has 3 aromatic rings. The third-order valence-corrected chi connectivity index (χ3v) is 5.70. The number of thioether (sulfide) groups is 1. The highest BCUT2D eigenvalue weighted by molar-refractivity contribution is 8.00. The molecule has 1 unspecified atom stereocenters. The van der Waals surface area contributed by atoms with Gasteiger partial charge < -0.3 is 4.42 Å². The molecule has 3 nitrogen and oxygen atoms in total. The molecule has 3 rings (SSSR count). The summed E-state index contributed by atoms with van der Waals surface area (Å²) in [6.45, 7) is 4.15. The zero-order valence-corrected chi connectivity index (χ0v) is 16.7. The molecule has 1 atom stereocenters. The number of oxazole rings is 1. The summed E-state index contributed by atoms with van der Waals surface area (Å²) < 4.78 is 6.14. The Hall–Kier alpha value is -2.33. The molecule has 0 aliphatic carbocycles. The fourth-order valence-corrected chi connectivity index (χ4v) is 3.87. The van der Waals surface area contributed by atoms with E-state index in [1.165, 1.54) is 11.8 Å². The molecule has 1 aromatic heterocycles. The molecule has 140 valence electrons. The topological polar surface area (TPSA) is 43.1 Å². The SMILES string of the molecule is CCCCC(=O)C(CC)Sc1nc(-c2ccccc2)c(-c2ccccc2)o1. The normalized spacial score (nSPS) is 12.1. The highest BCUT2D eigenvalue weighted by Crippen LogP contribution is 2.37. The average molecular weight is 380 g/mol. The van der Waals surface area contributed by atoms with Crippen LogP contribution in [0.4, 0.5) is 0 Å². The van der Waals surface area contributed by atoms with Crippen molar-refractivity contribution >= 4 is 17.5 Å². The molecule has 2 aromatic carbocycles. The van der Waals surface area contributed by atoms with E-state index in [4.69, 9.17) is 9.40 Å². The minimum Gasteiger partial charge on any atom is -0.431 e. The Labute approximate surface area is 165 Å². The van der Waals surface area contributed by atoms with Crippen LogP contribution in [0.1, 0.15) is 39.5 Å². The van der Waals surface area contributed by atoms with Crippen LogP contribution in [0.15, 0.2) is 70.3 Å². The summed E-state index contributed by atoms with van der Waals surface area (Å²) in [5, 5.41) is 0.451. The van der Waals surface area contributed by atoms with Crippen molar-refractivity contribution in [3.63, 3.8) is 0 Å². The van der Waals surface area contributed by atoms with Crippen LogP contribution < -0.4 is 0 Å². The van der Waals surface area contributed by atoms with Crippen LogP contribution >= 0.6 is 11.8 Å². The van der Waals surface area contributed by atoms with E-state index in [0.717, 1.165) is 41.8 Å². The molecule has 0 bridgehead atoms. The molecule has 1 heterocycles. The number of aromatic nitrogens is 1. The maximum atomic E-state index is 12.5. The van der Waals surface area contributed by atoms with E-state index < -0.39 is 0 Å². The number of hydrogen-bond donors (Lipinski definition) is 0. The lowest BCUT2D eigenvalue weighted by molar-refractivity contribution is -0.118. The van der Waals surface area contributed by atoms with Gasteiger partial charge >= 0.3 is 0 Å². The zero-order chi connectivity index (χ0) is 19.1.